The van der Waals surface area contributed by atoms with Crippen LogP contribution < -0.4 is 5.73 Å². The zero-order valence-electron chi connectivity index (χ0n) is 11.3. The second-order valence-electron chi connectivity index (χ2n) is 4.50. The minimum atomic E-state index is 0.611. The van der Waals surface area contributed by atoms with Crippen molar-refractivity contribution in [2.75, 3.05) is 13.1 Å². The Labute approximate surface area is 105 Å². The van der Waals surface area contributed by atoms with Gasteiger partial charge >= 0.3 is 0 Å². The number of pyridine rings is 1. The Morgan fingerprint density at radius 3 is 2.59 bits per heavy atom. The van der Waals surface area contributed by atoms with Crippen molar-refractivity contribution in [1.29, 1.82) is 0 Å². The van der Waals surface area contributed by atoms with Crippen molar-refractivity contribution < 1.29 is 0 Å². The molecule has 0 unspecified atom stereocenters. The molecule has 0 radical (unpaired) electrons. The molecule has 0 spiro atoms. The Bertz CT molecular complexity index is 321. The highest BCUT2D eigenvalue weighted by Crippen LogP contribution is 2.13. The molecule has 0 aliphatic heterocycles. The molecular weight excluding hydrogens is 210 g/mol. The van der Waals surface area contributed by atoms with Gasteiger partial charge in [-0.25, -0.2) is 0 Å². The molecule has 0 aliphatic carbocycles. The van der Waals surface area contributed by atoms with Gasteiger partial charge in [-0.1, -0.05) is 19.9 Å². The first-order chi connectivity index (χ1) is 8.22. The maximum Gasteiger partial charge on any atom is 0.0573 e. The van der Waals surface area contributed by atoms with Crippen LogP contribution in [0.1, 0.15) is 37.9 Å². The fourth-order valence-corrected chi connectivity index (χ4v) is 2.24. The van der Waals surface area contributed by atoms with Crippen molar-refractivity contribution in [2.45, 2.75) is 46.2 Å². The summed E-state index contributed by atoms with van der Waals surface area (Å²) in [6.45, 7) is 9.17. The lowest BCUT2D eigenvalue weighted by atomic mass is 10.1. The van der Waals surface area contributed by atoms with E-state index in [0.29, 0.717) is 12.6 Å². The monoisotopic (exact) mass is 235 g/mol. The summed E-state index contributed by atoms with van der Waals surface area (Å²) < 4.78 is 0. The molecule has 1 heterocycles. The zero-order chi connectivity index (χ0) is 12.7. The minimum absolute atomic E-state index is 0.611. The molecule has 0 saturated carbocycles. The van der Waals surface area contributed by atoms with Crippen LogP contribution in [-0.4, -0.2) is 29.0 Å². The van der Waals surface area contributed by atoms with Crippen molar-refractivity contribution in [3.05, 3.63) is 29.6 Å². The van der Waals surface area contributed by atoms with Gasteiger partial charge in [-0.15, -0.1) is 0 Å². The Morgan fingerprint density at radius 1 is 1.35 bits per heavy atom. The third-order valence-electron chi connectivity index (χ3n) is 3.35. The van der Waals surface area contributed by atoms with Crippen molar-refractivity contribution in [2.24, 2.45) is 5.73 Å². The number of hydrogen-bond acceptors (Lipinski definition) is 3. The normalized spacial score (nSPS) is 11.4. The third kappa shape index (κ3) is 4.10. The fraction of sp³-hybridized carbons (Fsp3) is 0.643. The smallest absolute Gasteiger partial charge is 0.0573 e. The summed E-state index contributed by atoms with van der Waals surface area (Å²) in [4.78, 5) is 6.92. The maximum absolute atomic E-state index is 5.71. The fourth-order valence-electron chi connectivity index (χ4n) is 2.24. The molecule has 2 N–H and O–H groups in total. The standard InChI is InChI=1S/C14H25N3/c1-4-13(5-2)17(10-8-15)11-14-12(3)7-6-9-16-14/h6-7,9,13H,4-5,8,10-11,15H2,1-3H3. The largest absolute Gasteiger partial charge is 0.329 e. The van der Waals surface area contributed by atoms with Gasteiger partial charge in [0, 0.05) is 31.9 Å². The summed E-state index contributed by atoms with van der Waals surface area (Å²) in [5, 5.41) is 0. The number of rotatable bonds is 7. The average Bonchev–Trinajstić information content (AvgIpc) is 2.34. The maximum atomic E-state index is 5.71. The van der Waals surface area contributed by atoms with Gasteiger partial charge in [-0.05, 0) is 31.4 Å². The number of hydrogen-bond donors (Lipinski definition) is 1. The van der Waals surface area contributed by atoms with Crippen molar-refractivity contribution in [1.82, 2.24) is 9.88 Å². The first-order valence-corrected chi connectivity index (χ1v) is 6.57. The summed E-state index contributed by atoms with van der Waals surface area (Å²) in [7, 11) is 0. The minimum Gasteiger partial charge on any atom is -0.329 e. The van der Waals surface area contributed by atoms with E-state index in [1.54, 1.807) is 0 Å². The van der Waals surface area contributed by atoms with E-state index in [2.05, 4.69) is 36.7 Å². The molecule has 0 aliphatic rings. The molecular formula is C14H25N3. The van der Waals surface area contributed by atoms with Gasteiger partial charge in [0.1, 0.15) is 0 Å². The molecule has 0 saturated heterocycles. The quantitative estimate of drug-likeness (QED) is 0.788. The van der Waals surface area contributed by atoms with Crippen LogP contribution in [0.5, 0.6) is 0 Å². The van der Waals surface area contributed by atoms with E-state index in [1.807, 2.05) is 12.3 Å². The topological polar surface area (TPSA) is 42.1 Å². The van der Waals surface area contributed by atoms with Gasteiger partial charge in [0.2, 0.25) is 0 Å². The van der Waals surface area contributed by atoms with Crippen molar-refractivity contribution in [3.63, 3.8) is 0 Å². The molecule has 1 aromatic rings. The molecule has 0 amide bonds. The number of aryl methyl sites for hydroxylation is 1. The second kappa shape index (κ2) is 7.41. The van der Waals surface area contributed by atoms with E-state index in [-0.39, 0.29) is 0 Å². The van der Waals surface area contributed by atoms with Crippen molar-refractivity contribution >= 4 is 0 Å². The summed E-state index contributed by atoms with van der Waals surface area (Å²) in [5.41, 5.74) is 8.14. The summed E-state index contributed by atoms with van der Waals surface area (Å²) in [6, 6.07) is 4.72. The van der Waals surface area contributed by atoms with E-state index >= 15 is 0 Å². The van der Waals surface area contributed by atoms with Gasteiger partial charge in [0.25, 0.3) is 0 Å². The van der Waals surface area contributed by atoms with Gasteiger partial charge < -0.3 is 5.73 Å². The second-order valence-corrected chi connectivity index (χ2v) is 4.50. The SMILES string of the molecule is CCC(CC)N(CCN)Cc1ncccc1C. The van der Waals surface area contributed by atoms with Crippen LogP contribution in [0.4, 0.5) is 0 Å². The molecule has 1 rings (SSSR count). The highest BCUT2D eigenvalue weighted by Gasteiger charge is 2.15. The van der Waals surface area contributed by atoms with Crippen LogP contribution in [-0.2, 0) is 6.54 Å². The molecule has 17 heavy (non-hydrogen) atoms. The average molecular weight is 235 g/mol. The molecule has 1 aromatic heterocycles. The van der Waals surface area contributed by atoms with Crippen LogP contribution in [0, 0.1) is 6.92 Å². The van der Waals surface area contributed by atoms with Crippen LogP contribution >= 0.6 is 0 Å². The van der Waals surface area contributed by atoms with E-state index in [9.17, 15) is 0 Å². The molecule has 0 atom stereocenters. The number of nitrogens with zero attached hydrogens (tertiary/aromatic N) is 2. The predicted octanol–water partition coefficient (Wildman–Crippen LogP) is 2.34. The lowest BCUT2D eigenvalue weighted by molar-refractivity contribution is 0.180. The summed E-state index contributed by atoms with van der Waals surface area (Å²) in [6.07, 6.45) is 4.21. The third-order valence-corrected chi connectivity index (χ3v) is 3.35. The molecule has 0 bridgehead atoms. The zero-order valence-corrected chi connectivity index (χ0v) is 11.3. The van der Waals surface area contributed by atoms with Crippen LogP contribution in [0.25, 0.3) is 0 Å². The Morgan fingerprint density at radius 2 is 2.06 bits per heavy atom. The molecule has 0 aromatic carbocycles. The van der Waals surface area contributed by atoms with E-state index in [4.69, 9.17) is 5.73 Å². The first kappa shape index (κ1) is 14.1. The molecule has 0 fully saturated rings. The first-order valence-electron chi connectivity index (χ1n) is 6.57. The molecule has 96 valence electrons. The molecule has 3 heteroatoms. The van der Waals surface area contributed by atoms with E-state index in [1.165, 1.54) is 24.1 Å². The van der Waals surface area contributed by atoms with Crippen molar-refractivity contribution in [3.8, 4) is 0 Å². The molecule has 3 nitrogen and oxygen atoms in total. The van der Waals surface area contributed by atoms with Crippen LogP contribution in [0.15, 0.2) is 18.3 Å². The number of aromatic nitrogens is 1. The van der Waals surface area contributed by atoms with Gasteiger partial charge in [-0.2, -0.15) is 0 Å². The predicted molar refractivity (Wildman–Crippen MR) is 72.8 cm³/mol. The van der Waals surface area contributed by atoms with Gasteiger partial charge in [0.05, 0.1) is 5.69 Å². The lowest BCUT2D eigenvalue weighted by Crippen LogP contribution is -2.38. The van der Waals surface area contributed by atoms with Gasteiger partial charge in [-0.3, -0.25) is 9.88 Å². The number of nitrogens with two attached hydrogens (primary N) is 1. The van der Waals surface area contributed by atoms with Gasteiger partial charge in [0.15, 0.2) is 0 Å². The van der Waals surface area contributed by atoms with Crippen LogP contribution in [0.2, 0.25) is 0 Å². The highest BCUT2D eigenvalue weighted by molar-refractivity contribution is 5.17. The summed E-state index contributed by atoms with van der Waals surface area (Å²) >= 11 is 0. The van der Waals surface area contributed by atoms with E-state index < -0.39 is 0 Å². The Balaban J connectivity index is 2.75. The summed E-state index contributed by atoms with van der Waals surface area (Å²) in [5.74, 6) is 0. The highest BCUT2D eigenvalue weighted by atomic mass is 15.2. The van der Waals surface area contributed by atoms with E-state index in [0.717, 1.165) is 13.1 Å². The Hall–Kier alpha value is -0.930. The van der Waals surface area contributed by atoms with Crippen LogP contribution in [0.3, 0.4) is 0 Å². The lowest BCUT2D eigenvalue weighted by Gasteiger charge is -2.30. The Kier molecular flexibility index (Phi) is 6.16.